The Hall–Kier alpha value is -2.79. The van der Waals surface area contributed by atoms with Crippen molar-refractivity contribution in [3.05, 3.63) is 71.3 Å². The first-order chi connectivity index (χ1) is 12.5. The molecule has 0 aromatic heterocycles. The van der Waals surface area contributed by atoms with Crippen LogP contribution in [-0.2, 0) is 19.5 Å². The van der Waals surface area contributed by atoms with Crippen molar-refractivity contribution in [2.75, 3.05) is 21.2 Å². The highest BCUT2D eigenvalue weighted by atomic mass is 16.5. The van der Waals surface area contributed by atoms with Gasteiger partial charge in [0.05, 0.1) is 7.11 Å². The third kappa shape index (κ3) is 4.86. The Bertz CT molecular complexity index is 770. The van der Waals surface area contributed by atoms with Crippen LogP contribution in [0.5, 0.6) is 11.5 Å². The van der Waals surface area contributed by atoms with Gasteiger partial charge in [0.2, 0.25) is 0 Å². The van der Waals surface area contributed by atoms with E-state index in [-0.39, 0.29) is 11.7 Å². The van der Waals surface area contributed by atoms with Crippen molar-refractivity contribution in [3.63, 3.8) is 0 Å². The molecule has 5 nitrogen and oxygen atoms in total. The summed E-state index contributed by atoms with van der Waals surface area (Å²) < 4.78 is 5.34. The number of benzene rings is 2. The summed E-state index contributed by atoms with van der Waals surface area (Å²) in [6.45, 7) is 5.00. The molecule has 0 aliphatic carbocycles. The molecular weight excluding hydrogens is 328 g/mol. The van der Waals surface area contributed by atoms with Gasteiger partial charge in [0.1, 0.15) is 11.5 Å². The third-order valence-corrected chi connectivity index (χ3v) is 4.18. The second-order valence-electron chi connectivity index (χ2n) is 6.24. The molecule has 26 heavy (non-hydrogen) atoms. The average Bonchev–Trinajstić information content (AvgIpc) is 2.64. The smallest absolute Gasteiger partial charge is 0.251 e. The van der Waals surface area contributed by atoms with E-state index in [1.165, 1.54) is 0 Å². The van der Waals surface area contributed by atoms with E-state index in [1.807, 2.05) is 43.4 Å². The Labute approximate surface area is 154 Å². The highest BCUT2D eigenvalue weighted by Gasteiger charge is 2.12. The van der Waals surface area contributed by atoms with Crippen molar-refractivity contribution in [1.82, 2.24) is 10.2 Å². The molecule has 5 heteroatoms. The molecular formula is C21H26N2O3. The van der Waals surface area contributed by atoms with E-state index in [1.54, 1.807) is 20.2 Å². The van der Waals surface area contributed by atoms with Gasteiger partial charge in [-0.15, -0.1) is 6.58 Å². The predicted octanol–water partition coefficient (Wildman–Crippen LogP) is 3.12. The van der Waals surface area contributed by atoms with Crippen molar-refractivity contribution in [2.45, 2.75) is 19.5 Å². The van der Waals surface area contributed by atoms with Crippen LogP contribution in [0.25, 0.3) is 0 Å². The molecule has 0 heterocycles. The Morgan fingerprint density at radius 1 is 1.23 bits per heavy atom. The number of aromatic hydroxyl groups is 1. The topological polar surface area (TPSA) is 61.8 Å². The molecule has 0 atom stereocenters. The maximum atomic E-state index is 11.6. The minimum Gasteiger partial charge on any atom is -0.507 e. The zero-order chi connectivity index (χ0) is 19.1. The van der Waals surface area contributed by atoms with Gasteiger partial charge in [0.25, 0.3) is 5.91 Å². The summed E-state index contributed by atoms with van der Waals surface area (Å²) in [4.78, 5) is 13.7. The largest absolute Gasteiger partial charge is 0.507 e. The summed E-state index contributed by atoms with van der Waals surface area (Å²) in [6, 6.07) is 11.2. The maximum Gasteiger partial charge on any atom is 0.251 e. The lowest BCUT2D eigenvalue weighted by Gasteiger charge is -2.19. The Morgan fingerprint density at radius 2 is 1.88 bits per heavy atom. The van der Waals surface area contributed by atoms with Crippen LogP contribution in [0.15, 0.2) is 49.1 Å². The summed E-state index contributed by atoms with van der Waals surface area (Å²) in [5.41, 5.74) is 3.34. The normalized spacial score (nSPS) is 10.6. The molecule has 0 saturated carbocycles. The van der Waals surface area contributed by atoms with Gasteiger partial charge in [-0.25, -0.2) is 0 Å². The summed E-state index contributed by atoms with van der Waals surface area (Å²) in [5.74, 6) is 0.909. The van der Waals surface area contributed by atoms with Gasteiger partial charge < -0.3 is 15.2 Å². The van der Waals surface area contributed by atoms with Crippen LogP contribution in [0.1, 0.15) is 27.0 Å². The number of hydrogen-bond acceptors (Lipinski definition) is 4. The Balaban J connectivity index is 2.11. The monoisotopic (exact) mass is 354 g/mol. The first-order valence-electron chi connectivity index (χ1n) is 8.47. The van der Waals surface area contributed by atoms with E-state index < -0.39 is 0 Å². The molecule has 0 aliphatic heterocycles. The molecule has 138 valence electrons. The fraction of sp³-hybridized carbons (Fsp3) is 0.286. The number of amides is 1. The molecule has 0 radical (unpaired) electrons. The predicted molar refractivity (Wildman–Crippen MR) is 104 cm³/mol. The lowest BCUT2D eigenvalue weighted by atomic mass is 10.0. The molecule has 2 aromatic rings. The number of allylic oxidation sites excluding steroid dienone is 1. The molecule has 0 unspecified atom stereocenters. The third-order valence-electron chi connectivity index (χ3n) is 4.18. The first-order valence-corrected chi connectivity index (χ1v) is 8.47. The number of hydrogen-bond donors (Lipinski definition) is 2. The fourth-order valence-electron chi connectivity index (χ4n) is 2.84. The van der Waals surface area contributed by atoms with Crippen molar-refractivity contribution in [3.8, 4) is 11.5 Å². The number of phenolic OH excluding ortho intramolecular Hbond substituents is 1. The van der Waals surface area contributed by atoms with E-state index in [0.29, 0.717) is 25.1 Å². The van der Waals surface area contributed by atoms with Gasteiger partial charge in [-0.05, 0) is 43.3 Å². The number of rotatable bonds is 8. The number of ether oxygens (including phenoxy) is 1. The highest BCUT2D eigenvalue weighted by molar-refractivity contribution is 5.93. The van der Waals surface area contributed by atoms with Crippen LogP contribution in [0, 0.1) is 0 Å². The standard InChI is InChI=1S/C21H26N2O3/c1-5-6-17-11-19(26-4)12-18(20(17)24)14-23(3)13-15-7-9-16(10-8-15)21(25)22-2/h5,7-12,24H,1,6,13-14H2,2-4H3,(H,22,25). The van der Waals surface area contributed by atoms with Crippen LogP contribution < -0.4 is 10.1 Å². The van der Waals surface area contributed by atoms with E-state index in [0.717, 1.165) is 22.4 Å². The summed E-state index contributed by atoms with van der Waals surface area (Å²) in [7, 11) is 5.22. The van der Waals surface area contributed by atoms with Gasteiger partial charge in [0, 0.05) is 36.8 Å². The quantitative estimate of drug-likeness (QED) is 0.715. The number of nitrogens with one attached hydrogen (secondary N) is 1. The zero-order valence-corrected chi connectivity index (χ0v) is 15.6. The summed E-state index contributed by atoms with van der Waals surface area (Å²) in [5, 5.41) is 13.1. The minimum atomic E-state index is -0.0963. The molecule has 1 amide bonds. The van der Waals surface area contributed by atoms with Gasteiger partial charge in [-0.1, -0.05) is 18.2 Å². The number of carbonyl (C=O) groups excluding carboxylic acids is 1. The first kappa shape index (κ1) is 19.5. The molecule has 0 aliphatic rings. The Kier molecular flexibility index (Phi) is 6.81. The van der Waals surface area contributed by atoms with E-state index in [2.05, 4.69) is 16.8 Å². The van der Waals surface area contributed by atoms with Gasteiger partial charge in [-0.2, -0.15) is 0 Å². The second-order valence-corrected chi connectivity index (χ2v) is 6.24. The minimum absolute atomic E-state index is 0.0963. The van der Waals surface area contributed by atoms with Crippen LogP contribution >= 0.6 is 0 Å². The van der Waals surface area contributed by atoms with E-state index in [4.69, 9.17) is 4.74 Å². The second kappa shape index (κ2) is 9.06. The van der Waals surface area contributed by atoms with Crippen molar-refractivity contribution in [1.29, 1.82) is 0 Å². The van der Waals surface area contributed by atoms with Crippen molar-refractivity contribution >= 4 is 5.91 Å². The maximum absolute atomic E-state index is 11.6. The van der Waals surface area contributed by atoms with E-state index >= 15 is 0 Å². The SMILES string of the molecule is C=CCc1cc(OC)cc(CN(C)Cc2ccc(C(=O)NC)cc2)c1O. The van der Waals surface area contributed by atoms with Crippen molar-refractivity contribution < 1.29 is 14.6 Å². The van der Waals surface area contributed by atoms with Gasteiger partial charge in [-0.3, -0.25) is 9.69 Å². The molecule has 2 N–H and O–H groups in total. The number of phenols is 1. The van der Waals surface area contributed by atoms with Crippen LogP contribution in [0.2, 0.25) is 0 Å². The van der Waals surface area contributed by atoms with Gasteiger partial charge >= 0.3 is 0 Å². The molecule has 2 aromatic carbocycles. The molecule has 0 spiro atoms. The lowest BCUT2D eigenvalue weighted by Crippen LogP contribution is -2.19. The van der Waals surface area contributed by atoms with Crippen LogP contribution in [0.3, 0.4) is 0 Å². The number of carbonyl (C=O) groups is 1. The summed E-state index contributed by atoms with van der Waals surface area (Å²) in [6.07, 6.45) is 2.34. The van der Waals surface area contributed by atoms with Gasteiger partial charge in [0.15, 0.2) is 0 Å². The van der Waals surface area contributed by atoms with E-state index in [9.17, 15) is 9.90 Å². The number of nitrogens with zero attached hydrogens (tertiary/aromatic N) is 1. The number of methoxy groups -OCH3 is 1. The zero-order valence-electron chi connectivity index (χ0n) is 15.6. The summed E-state index contributed by atoms with van der Waals surface area (Å²) >= 11 is 0. The lowest BCUT2D eigenvalue weighted by molar-refractivity contribution is 0.0963. The van der Waals surface area contributed by atoms with Crippen molar-refractivity contribution in [2.24, 2.45) is 0 Å². The molecule has 0 bridgehead atoms. The molecule has 0 saturated heterocycles. The fourth-order valence-corrected chi connectivity index (χ4v) is 2.84. The highest BCUT2D eigenvalue weighted by Crippen LogP contribution is 2.30. The Morgan fingerprint density at radius 3 is 2.46 bits per heavy atom. The average molecular weight is 354 g/mol. The molecule has 0 fully saturated rings. The van der Waals surface area contributed by atoms with Crippen LogP contribution in [-0.4, -0.2) is 37.1 Å². The van der Waals surface area contributed by atoms with Crippen LogP contribution in [0.4, 0.5) is 0 Å². The molecule has 2 rings (SSSR count).